The summed E-state index contributed by atoms with van der Waals surface area (Å²) in [5.41, 5.74) is 6.07. The van der Waals surface area contributed by atoms with Gasteiger partial charge in [-0.15, -0.1) is 0 Å². The van der Waals surface area contributed by atoms with Crippen molar-refractivity contribution in [1.29, 1.82) is 0 Å². The van der Waals surface area contributed by atoms with Gasteiger partial charge in [-0.3, -0.25) is 4.79 Å². The Labute approximate surface area is 123 Å². The number of nitrogens with zero attached hydrogens (tertiary/aromatic N) is 1. The number of benzene rings is 1. The van der Waals surface area contributed by atoms with Gasteiger partial charge in [-0.1, -0.05) is 12.1 Å². The molecule has 2 aliphatic rings. The molecule has 4 nitrogen and oxygen atoms in total. The Balaban J connectivity index is 1.58. The minimum atomic E-state index is -0.609. The van der Waals surface area contributed by atoms with Gasteiger partial charge in [-0.25, -0.2) is 4.39 Å². The third-order valence-electron chi connectivity index (χ3n) is 4.70. The Bertz CT molecular complexity index is 520. The highest BCUT2D eigenvalue weighted by Gasteiger charge is 2.48. The van der Waals surface area contributed by atoms with Crippen LogP contribution < -0.4 is 5.73 Å². The van der Waals surface area contributed by atoms with Crippen LogP contribution in [0, 0.1) is 11.7 Å². The number of halogens is 1. The number of carbonyl (C=O) groups excluding carboxylic acids is 1. The lowest BCUT2D eigenvalue weighted by atomic mass is 9.87. The second kappa shape index (κ2) is 5.39. The van der Waals surface area contributed by atoms with Gasteiger partial charge in [-0.05, 0) is 49.3 Å². The molecule has 21 heavy (non-hydrogen) atoms. The Hall–Kier alpha value is -1.46. The Morgan fingerprint density at radius 1 is 1.29 bits per heavy atom. The zero-order valence-corrected chi connectivity index (χ0v) is 12.0. The zero-order valence-electron chi connectivity index (χ0n) is 12.0. The van der Waals surface area contributed by atoms with Crippen LogP contribution in [0.25, 0.3) is 0 Å². The van der Waals surface area contributed by atoms with Gasteiger partial charge in [0.1, 0.15) is 5.82 Å². The molecule has 0 aromatic heterocycles. The zero-order chi connectivity index (χ0) is 15.0. The lowest BCUT2D eigenvalue weighted by molar-refractivity contribution is -0.135. The molecule has 1 aromatic carbocycles. The van der Waals surface area contributed by atoms with E-state index in [4.69, 9.17) is 5.73 Å². The molecule has 1 unspecified atom stereocenters. The van der Waals surface area contributed by atoms with E-state index in [1.165, 1.54) is 12.1 Å². The van der Waals surface area contributed by atoms with Crippen molar-refractivity contribution >= 4 is 5.91 Å². The number of aliphatic hydroxyl groups is 1. The van der Waals surface area contributed by atoms with E-state index >= 15 is 0 Å². The van der Waals surface area contributed by atoms with E-state index in [-0.39, 0.29) is 17.6 Å². The summed E-state index contributed by atoms with van der Waals surface area (Å²) in [5, 5.41) is 10.4. The number of hydrogen-bond acceptors (Lipinski definition) is 3. The molecule has 1 atom stereocenters. The van der Waals surface area contributed by atoms with Gasteiger partial charge in [0.2, 0.25) is 5.91 Å². The van der Waals surface area contributed by atoms with Gasteiger partial charge in [0.15, 0.2) is 0 Å². The highest BCUT2D eigenvalue weighted by molar-refractivity contribution is 5.89. The standard InChI is InChI=1S/C16H21FN2O2/c17-13-3-1-11(2-4-13)14(20)12-5-9-19(10-6-12)15(21)16(18)7-8-16/h1-4,12,14,20H,5-10,18H2. The predicted molar refractivity (Wildman–Crippen MR) is 76.8 cm³/mol. The molecule has 0 radical (unpaired) electrons. The highest BCUT2D eigenvalue weighted by Crippen LogP contribution is 2.36. The second-order valence-corrected chi connectivity index (χ2v) is 6.28. The van der Waals surface area contributed by atoms with Crippen molar-refractivity contribution in [3.05, 3.63) is 35.6 Å². The van der Waals surface area contributed by atoms with Gasteiger partial charge >= 0.3 is 0 Å². The maximum atomic E-state index is 12.9. The van der Waals surface area contributed by atoms with Crippen molar-refractivity contribution in [2.45, 2.75) is 37.3 Å². The second-order valence-electron chi connectivity index (χ2n) is 6.28. The summed E-state index contributed by atoms with van der Waals surface area (Å²) < 4.78 is 12.9. The Morgan fingerprint density at radius 3 is 2.38 bits per heavy atom. The van der Waals surface area contributed by atoms with Crippen LogP contribution in [-0.2, 0) is 4.79 Å². The van der Waals surface area contributed by atoms with Crippen LogP contribution >= 0.6 is 0 Å². The monoisotopic (exact) mass is 292 g/mol. The number of amides is 1. The molecule has 1 amide bonds. The van der Waals surface area contributed by atoms with Crippen LogP contribution in [0.15, 0.2) is 24.3 Å². The normalized spacial score (nSPS) is 22.9. The molecule has 3 rings (SSSR count). The first-order valence-electron chi connectivity index (χ1n) is 7.51. The fourth-order valence-corrected chi connectivity index (χ4v) is 3.01. The van der Waals surface area contributed by atoms with Crippen molar-refractivity contribution < 1.29 is 14.3 Å². The third kappa shape index (κ3) is 2.94. The Kier molecular flexibility index (Phi) is 3.71. The topological polar surface area (TPSA) is 66.6 Å². The van der Waals surface area contributed by atoms with Crippen molar-refractivity contribution in [2.24, 2.45) is 11.7 Å². The van der Waals surface area contributed by atoms with E-state index in [0.717, 1.165) is 31.2 Å². The van der Waals surface area contributed by atoms with Crippen molar-refractivity contribution in [2.75, 3.05) is 13.1 Å². The Morgan fingerprint density at radius 2 is 1.86 bits per heavy atom. The van der Waals surface area contributed by atoms with Crippen LogP contribution in [0.4, 0.5) is 4.39 Å². The number of piperidine rings is 1. The molecule has 1 aromatic rings. The first-order valence-corrected chi connectivity index (χ1v) is 7.51. The van der Waals surface area contributed by atoms with Crippen LogP contribution in [0.1, 0.15) is 37.4 Å². The summed E-state index contributed by atoms with van der Waals surface area (Å²) in [4.78, 5) is 14.0. The van der Waals surface area contributed by atoms with Gasteiger partial charge in [0.05, 0.1) is 11.6 Å². The fraction of sp³-hybridized carbons (Fsp3) is 0.562. The largest absolute Gasteiger partial charge is 0.388 e. The maximum Gasteiger partial charge on any atom is 0.242 e. The lowest BCUT2D eigenvalue weighted by Gasteiger charge is -2.35. The van der Waals surface area contributed by atoms with Crippen molar-refractivity contribution in [1.82, 2.24) is 4.90 Å². The molecule has 0 bridgehead atoms. The van der Waals surface area contributed by atoms with Gasteiger partial charge in [0.25, 0.3) is 0 Å². The summed E-state index contributed by atoms with van der Waals surface area (Å²) in [7, 11) is 0. The van der Waals surface area contributed by atoms with Crippen molar-refractivity contribution in [3.8, 4) is 0 Å². The van der Waals surface area contributed by atoms with Crippen LogP contribution in [0.2, 0.25) is 0 Å². The van der Waals surface area contributed by atoms with E-state index in [1.807, 2.05) is 4.90 Å². The molecule has 1 aliphatic carbocycles. The summed E-state index contributed by atoms with van der Waals surface area (Å²) in [6.07, 6.45) is 2.46. The maximum absolute atomic E-state index is 12.9. The SMILES string of the molecule is NC1(C(=O)N2CCC(C(O)c3ccc(F)cc3)CC2)CC1. The summed E-state index contributed by atoms with van der Waals surface area (Å²) >= 11 is 0. The highest BCUT2D eigenvalue weighted by atomic mass is 19.1. The average molecular weight is 292 g/mol. The molecule has 1 heterocycles. The minimum Gasteiger partial charge on any atom is -0.388 e. The number of likely N-dealkylation sites (tertiary alicyclic amines) is 1. The molecular weight excluding hydrogens is 271 g/mol. The molecule has 5 heteroatoms. The molecule has 3 N–H and O–H groups in total. The summed E-state index contributed by atoms with van der Waals surface area (Å²) in [5.74, 6) is -0.145. The van der Waals surface area contributed by atoms with E-state index in [0.29, 0.717) is 13.1 Å². The number of hydrogen-bond donors (Lipinski definition) is 2. The van der Waals surface area contributed by atoms with Gasteiger partial charge < -0.3 is 15.7 Å². The number of carbonyl (C=O) groups is 1. The first kappa shape index (κ1) is 14.5. The van der Waals surface area contributed by atoms with Gasteiger partial charge in [-0.2, -0.15) is 0 Å². The molecule has 114 valence electrons. The van der Waals surface area contributed by atoms with Crippen LogP contribution in [-0.4, -0.2) is 34.5 Å². The van der Waals surface area contributed by atoms with E-state index < -0.39 is 11.6 Å². The number of rotatable bonds is 3. The van der Waals surface area contributed by atoms with E-state index in [9.17, 15) is 14.3 Å². The lowest BCUT2D eigenvalue weighted by Crippen LogP contribution is -2.49. The first-order chi connectivity index (χ1) is 9.99. The molecule has 1 aliphatic heterocycles. The summed E-state index contributed by atoms with van der Waals surface area (Å²) in [6, 6.07) is 5.97. The van der Waals surface area contributed by atoms with E-state index in [2.05, 4.69) is 0 Å². The fourth-order valence-electron chi connectivity index (χ4n) is 3.01. The average Bonchev–Trinajstić information content (AvgIpc) is 3.26. The van der Waals surface area contributed by atoms with Gasteiger partial charge in [0, 0.05) is 13.1 Å². The minimum absolute atomic E-state index is 0.0530. The smallest absolute Gasteiger partial charge is 0.242 e. The predicted octanol–water partition coefficient (Wildman–Crippen LogP) is 1.59. The third-order valence-corrected chi connectivity index (χ3v) is 4.70. The quantitative estimate of drug-likeness (QED) is 0.889. The summed E-state index contributed by atoms with van der Waals surface area (Å²) in [6.45, 7) is 1.28. The van der Waals surface area contributed by atoms with E-state index in [1.54, 1.807) is 12.1 Å². The molecule has 1 saturated carbocycles. The molecule has 2 fully saturated rings. The molecule has 0 spiro atoms. The number of nitrogens with two attached hydrogens (primary N) is 1. The van der Waals surface area contributed by atoms with Crippen LogP contribution in [0.5, 0.6) is 0 Å². The number of aliphatic hydroxyl groups excluding tert-OH is 1. The molecular formula is C16H21FN2O2. The van der Waals surface area contributed by atoms with Crippen LogP contribution in [0.3, 0.4) is 0 Å². The van der Waals surface area contributed by atoms with Crippen molar-refractivity contribution in [3.63, 3.8) is 0 Å². The molecule has 1 saturated heterocycles.